The van der Waals surface area contributed by atoms with Crippen molar-refractivity contribution in [2.45, 2.75) is 20.3 Å². The highest BCUT2D eigenvalue weighted by Crippen LogP contribution is 2.37. The molecule has 164 valence electrons. The van der Waals surface area contributed by atoms with Crippen molar-refractivity contribution in [3.63, 3.8) is 0 Å². The van der Waals surface area contributed by atoms with Gasteiger partial charge in [-0.05, 0) is 61.7 Å². The van der Waals surface area contributed by atoms with Crippen molar-refractivity contribution < 1.29 is 0 Å². The van der Waals surface area contributed by atoms with E-state index in [1.165, 1.54) is 60.9 Å². The monoisotopic (exact) mass is 438 g/mol. The Bertz CT molecular complexity index is 1710. The van der Waals surface area contributed by atoms with E-state index in [0.717, 1.165) is 6.42 Å². The summed E-state index contributed by atoms with van der Waals surface area (Å²) in [5, 5.41) is 3.93. The highest BCUT2D eigenvalue weighted by molar-refractivity contribution is 6.09. The molecule has 1 atom stereocenters. The lowest BCUT2D eigenvalue weighted by Crippen LogP contribution is -2.08. The number of fused-ring (bicyclic) bond motifs is 6. The van der Waals surface area contributed by atoms with Crippen molar-refractivity contribution in [1.29, 1.82) is 0 Å². The molecule has 2 heterocycles. The first-order valence-electron chi connectivity index (χ1n) is 12.1. The van der Waals surface area contributed by atoms with Crippen LogP contribution in [0.1, 0.15) is 23.7 Å². The van der Waals surface area contributed by atoms with Gasteiger partial charge in [0.25, 0.3) is 0 Å². The number of aryl methyl sites for hydroxylation is 1. The lowest BCUT2D eigenvalue weighted by Gasteiger charge is -2.18. The zero-order valence-corrected chi connectivity index (χ0v) is 19.5. The van der Waals surface area contributed by atoms with Gasteiger partial charge >= 0.3 is 0 Å². The standard InChI is InChI=1S/C32H26N2/c1-21-15-17-31-28(18-21)27-16-14-22(2)19-32(27)34(31)24-9-7-8-23(20-24)33-29-12-5-3-10-25(29)26-11-4-6-13-30(26)33/h3-18,20,22H,19H2,1-2H3. The van der Waals surface area contributed by atoms with Crippen LogP contribution in [0, 0.1) is 12.8 Å². The molecular weight excluding hydrogens is 412 g/mol. The summed E-state index contributed by atoms with van der Waals surface area (Å²) in [6.45, 7) is 4.49. The molecule has 6 aromatic rings. The van der Waals surface area contributed by atoms with E-state index in [4.69, 9.17) is 0 Å². The number of aromatic nitrogens is 2. The quantitative estimate of drug-likeness (QED) is 0.258. The first kappa shape index (κ1) is 19.4. The van der Waals surface area contributed by atoms with Gasteiger partial charge in [-0.25, -0.2) is 0 Å². The summed E-state index contributed by atoms with van der Waals surface area (Å²) >= 11 is 0. The van der Waals surface area contributed by atoms with E-state index in [1.54, 1.807) is 0 Å². The molecule has 2 heteroatoms. The fourth-order valence-corrected chi connectivity index (χ4v) is 5.77. The highest BCUT2D eigenvalue weighted by atomic mass is 15.0. The third kappa shape index (κ3) is 2.75. The number of para-hydroxylation sites is 2. The molecular formula is C32H26N2. The topological polar surface area (TPSA) is 9.86 Å². The van der Waals surface area contributed by atoms with E-state index in [1.807, 2.05) is 0 Å². The molecule has 1 unspecified atom stereocenters. The van der Waals surface area contributed by atoms with Gasteiger partial charge in [-0.3, -0.25) is 0 Å². The van der Waals surface area contributed by atoms with E-state index >= 15 is 0 Å². The lowest BCUT2D eigenvalue weighted by atomic mass is 9.94. The maximum atomic E-state index is 2.49. The Hall–Kier alpha value is -4.04. The van der Waals surface area contributed by atoms with Gasteiger partial charge in [0.05, 0.1) is 16.6 Å². The minimum absolute atomic E-state index is 0.539. The lowest BCUT2D eigenvalue weighted by molar-refractivity contribution is 0.690. The predicted octanol–water partition coefficient (Wildman–Crippen LogP) is 8.24. The Morgan fingerprint density at radius 2 is 1.29 bits per heavy atom. The van der Waals surface area contributed by atoms with E-state index in [9.17, 15) is 0 Å². The van der Waals surface area contributed by atoms with Crippen LogP contribution in [0.5, 0.6) is 0 Å². The SMILES string of the molecule is Cc1ccc2c(c1)c1c(n2-c2cccc(-n3c4ccccc4c4ccccc43)c2)CC(C)C=C1. The summed E-state index contributed by atoms with van der Waals surface area (Å²) in [6, 6.07) is 33.3. The molecule has 0 radical (unpaired) electrons. The zero-order chi connectivity index (χ0) is 22.8. The van der Waals surface area contributed by atoms with Gasteiger partial charge < -0.3 is 9.13 Å². The summed E-state index contributed by atoms with van der Waals surface area (Å²) in [5.74, 6) is 0.539. The fraction of sp³-hybridized carbons (Fsp3) is 0.125. The molecule has 0 N–H and O–H groups in total. The Labute approximate surface area is 199 Å². The van der Waals surface area contributed by atoms with Gasteiger partial charge in [-0.15, -0.1) is 0 Å². The highest BCUT2D eigenvalue weighted by Gasteiger charge is 2.21. The van der Waals surface area contributed by atoms with Gasteiger partial charge in [0.1, 0.15) is 0 Å². The molecule has 34 heavy (non-hydrogen) atoms. The van der Waals surface area contributed by atoms with Crippen molar-refractivity contribution in [3.8, 4) is 11.4 Å². The van der Waals surface area contributed by atoms with Crippen molar-refractivity contribution >= 4 is 38.8 Å². The molecule has 7 rings (SSSR count). The molecule has 0 bridgehead atoms. The van der Waals surface area contributed by atoms with Gasteiger partial charge in [0, 0.05) is 38.8 Å². The Balaban J connectivity index is 1.52. The van der Waals surface area contributed by atoms with Crippen LogP contribution in [0.15, 0.2) is 97.1 Å². The number of rotatable bonds is 2. The molecule has 0 saturated carbocycles. The fourth-order valence-electron chi connectivity index (χ4n) is 5.77. The number of hydrogen-bond donors (Lipinski definition) is 0. The van der Waals surface area contributed by atoms with Crippen molar-refractivity contribution in [1.82, 2.24) is 9.13 Å². The van der Waals surface area contributed by atoms with Gasteiger partial charge in [0.15, 0.2) is 0 Å². The first-order chi connectivity index (χ1) is 16.7. The van der Waals surface area contributed by atoms with E-state index in [2.05, 4.69) is 126 Å². The Morgan fingerprint density at radius 1 is 0.647 bits per heavy atom. The smallest absolute Gasteiger partial charge is 0.0541 e. The van der Waals surface area contributed by atoms with Gasteiger partial charge in [-0.1, -0.05) is 73.2 Å². The third-order valence-corrected chi connectivity index (χ3v) is 7.30. The van der Waals surface area contributed by atoms with Crippen LogP contribution in [0.25, 0.3) is 50.2 Å². The minimum atomic E-state index is 0.539. The Kier molecular flexibility index (Phi) is 4.13. The molecule has 2 nitrogen and oxygen atoms in total. The summed E-state index contributed by atoms with van der Waals surface area (Å²) in [7, 11) is 0. The maximum absolute atomic E-state index is 2.49. The van der Waals surface area contributed by atoms with Crippen LogP contribution < -0.4 is 0 Å². The van der Waals surface area contributed by atoms with Crippen LogP contribution in [-0.4, -0.2) is 9.13 Å². The molecule has 1 aliphatic carbocycles. The van der Waals surface area contributed by atoms with E-state index < -0.39 is 0 Å². The number of allylic oxidation sites excluding steroid dienone is 1. The first-order valence-corrected chi connectivity index (χ1v) is 12.1. The molecule has 0 aliphatic heterocycles. The van der Waals surface area contributed by atoms with Crippen LogP contribution in [0.3, 0.4) is 0 Å². The predicted molar refractivity (Wildman–Crippen MR) is 144 cm³/mol. The molecule has 0 fully saturated rings. The molecule has 1 aliphatic rings. The number of benzene rings is 4. The number of nitrogens with zero attached hydrogens (tertiary/aromatic N) is 2. The largest absolute Gasteiger partial charge is 0.313 e. The number of hydrogen-bond acceptors (Lipinski definition) is 0. The molecule has 4 aromatic carbocycles. The second-order valence-electron chi connectivity index (χ2n) is 9.65. The molecule has 0 spiro atoms. The zero-order valence-electron chi connectivity index (χ0n) is 19.5. The van der Waals surface area contributed by atoms with Crippen LogP contribution in [0.2, 0.25) is 0 Å². The van der Waals surface area contributed by atoms with Crippen LogP contribution in [-0.2, 0) is 6.42 Å². The maximum Gasteiger partial charge on any atom is 0.0541 e. The Morgan fingerprint density at radius 3 is 2.03 bits per heavy atom. The summed E-state index contributed by atoms with van der Waals surface area (Å²) in [5.41, 5.74) is 10.3. The average Bonchev–Trinajstić information content (AvgIpc) is 3.36. The van der Waals surface area contributed by atoms with E-state index in [0.29, 0.717) is 5.92 Å². The molecule has 0 amide bonds. The average molecular weight is 439 g/mol. The third-order valence-electron chi connectivity index (χ3n) is 7.30. The summed E-state index contributed by atoms with van der Waals surface area (Å²) < 4.78 is 4.89. The second-order valence-corrected chi connectivity index (χ2v) is 9.65. The van der Waals surface area contributed by atoms with E-state index in [-0.39, 0.29) is 0 Å². The van der Waals surface area contributed by atoms with Crippen molar-refractivity contribution in [2.75, 3.05) is 0 Å². The van der Waals surface area contributed by atoms with Gasteiger partial charge in [-0.2, -0.15) is 0 Å². The second kappa shape index (κ2) is 7.23. The molecule has 0 saturated heterocycles. The van der Waals surface area contributed by atoms with Crippen LogP contribution >= 0.6 is 0 Å². The summed E-state index contributed by atoms with van der Waals surface area (Å²) in [4.78, 5) is 0. The molecule has 2 aromatic heterocycles. The minimum Gasteiger partial charge on any atom is -0.313 e. The van der Waals surface area contributed by atoms with Crippen LogP contribution in [0.4, 0.5) is 0 Å². The van der Waals surface area contributed by atoms with Gasteiger partial charge in [0.2, 0.25) is 0 Å². The van der Waals surface area contributed by atoms with Crippen molar-refractivity contribution in [2.24, 2.45) is 5.92 Å². The normalized spacial score (nSPS) is 15.4. The summed E-state index contributed by atoms with van der Waals surface area (Å²) in [6.07, 6.45) is 5.74. The van der Waals surface area contributed by atoms with Crippen molar-refractivity contribution in [3.05, 3.63) is 114 Å².